The number of hydrogen-bond acceptors (Lipinski definition) is 5. The Morgan fingerprint density at radius 3 is 2.75 bits per heavy atom. The van der Waals surface area contributed by atoms with Crippen LogP contribution in [0, 0.1) is 5.82 Å². The van der Waals surface area contributed by atoms with E-state index in [-0.39, 0.29) is 17.9 Å². The third-order valence-corrected chi connectivity index (χ3v) is 4.30. The van der Waals surface area contributed by atoms with E-state index in [1.807, 2.05) is 30.3 Å². The molecule has 0 aliphatic carbocycles. The van der Waals surface area contributed by atoms with Gasteiger partial charge in [-0.25, -0.2) is 9.07 Å². The van der Waals surface area contributed by atoms with E-state index >= 15 is 0 Å². The van der Waals surface area contributed by atoms with Crippen molar-refractivity contribution in [3.63, 3.8) is 0 Å². The molecule has 122 valence electrons. The van der Waals surface area contributed by atoms with Gasteiger partial charge in [-0.15, -0.1) is 0 Å². The number of anilines is 1. The van der Waals surface area contributed by atoms with Crippen LogP contribution in [0.5, 0.6) is 5.75 Å². The van der Waals surface area contributed by atoms with Crippen LogP contribution < -0.4 is 10.1 Å². The minimum Gasteiger partial charge on any atom is -0.497 e. The van der Waals surface area contributed by atoms with Gasteiger partial charge in [-0.05, 0) is 52.2 Å². The molecule has 2 aromatic carbocycles. The lowest BCUT2D eigenvalue weighted by molar-refractivity contribution is 0.412. The number of tetrazole rings is 1. The second-order valence-corrected chi connectivity index (χ2v) is 5.72. The number of fused-ring (bicyclic) bond motifs is 1. The normalized spacial score (nSPS) is 19.4. The highest BCUT2D eigenvalue weighted by atomic mass is 19.1. The summed E-state index contributed by atoms with van der Waals surface area (Å²) in [4.78, 5) is 0. The Bertz CT molecular complexity index is 848. The fourth-order valence-corrected chi connectivity index (χ4v) is 3.08. The van der Waals surface area contributed by atoms with Gasteiger partial charge in [0.05, 0.1) is 19.2 Å². The lowest BCUT2D eigenvalue weighted by atomic mass is 9.93. The van der Waals surface area contributed by atoms with Gasteiger partial charge >= 0.3 is 0 Å². The van der Waals surface area contributed by atoms with Crippen molar-refractivity contribution in [2.75, 3.05) is 12.4 Å². The third-order valence-electron chi connectivity index (χ3n) is 4.30. The number of nitrogens with zero attached hydrogens (tertiary/aromatic N) is 4. The number of hydrogen-bond donors (Lipinski definition) is 1. The molecule has 0 fully saturated rings. The second kappa shape index (κ2) is 5.92. The molecule has 6 nitrogen and oxygen atoms in total. The fourth-order valence-electron chi connectivity index (χ4n) is 3.08. The van der Waals surface area contributed by atoms with Crippen molar-refractivity contribution in [3.05, 3.63) is 65.5 Å². The summed E-state index contributed by atoms with van der Waals surface area (Å²) in [5.41, 5.74) is 1.95. The molecule has 24 heavy (non-hydrogen) atoms. The highest BCUT2D eigenvalue weighted by Gasteiger charge is 2.30. The molecular formula is C17H16FN5O. The maximum Gasteiger partial charge on any atom is 0.243 e. The molecule has 0 amide bonds. The summed E-state index contributed by atoms with van der Waals surface area (Å²) in [6, 6.07) is 14.4. The monoisotopic (exact) mass is 325 g/mol. The number of methoxy groups -OCH3 is 1. The van der Waals surface area contributed by atoms with Crippen molar-refractivity contribution >= 4 is 5.95 Å². The minimum atomic E-state index is -0.262. The number of halogens is 1. The predicted molar refractivity (Wildman–Crippen MR) is 86.3 cm³/mol. The molecule has 3 aromatic rings. The number of nitrogens with one attached hydrogen (secondary N) is 1. The molecule has 1 N–H and O–H groups in total. The molecule has 0 radical (unpaired) electrons. The Labute approximate surface area is 138 Å². The highest BCUT2D eigenvalue weighted by molar-refractivity contribution is 5.39. The molecule has 0 spiro atoms. The van der Waals surface area contributed by atoms with Gasteiger partial charge in [-0.2, -0.15) is 0 Å². The largest absolute Gasteiger partial charge is 0.497 e. The molecular weight excluding hydrogens is 309 g/mol. The fraction of sp³-hybridized carbons (Fsp3) is 0.235. The lowest BCUT2D eigenvalue weighted by Crippen LogP contribution is -2.28. The number of aromatic nitrogens is 4. The summed E-state index contributed by atoms with van der Waals surface area (Å²) >= 11 is 0. The van der Waals surface area contributed by atoms with Gasteiger partial charge in [0.1, 0.15) is 11.6 Å². The van der Waals surface area contributed by atoms with Crippen LogP contribution >= 0.6 is 0 Å². The molecule has 1 aromatic heterocycles. The van der Waals surface area contributed by atoms with Gasteiger partial charge in [0.15, 0.2) is 0 Å². The summed E-state index contributed by atoms with van der Waals surface area (Å²) in [6.07, 6.45) is 0.716. The first-order chi connectivity index (χ1) is 11.7. The molecule has 0 saturated carbocycles. The zero-order chi connectivity index (χ0) is 16.5. The van der Waals surface area contributed by atoms with Crippen LogP contribution in [0.3, 0.4) is 0 Å². The minimum absolute atomic E-state index is 0.0303. The van der Waals surface area contributed by atoms with Crippen LogP contribution in [-0.2, 0) is 0 Å². The van der Waals surface area contributed by atoms with Crippen LogP contribution in [0.15, 0.2) is 48.5 Å². The average Bonchev–Trinajstić information content (AvgIpc) is 3.09. The second-order valence-electron chi connectivity index (χ2n) is 5.72. The molecule has 7 heteroatoms. The summed E-state index contributed by atoms with van der Waals surface area (Å²) in [5.74, 6) is 1.12. The van der Waals surface area contributed by atoms with Crippen LogP contribution in [0.1, 0.15) is 29.6 Å². The van der Waals surface area contributed by atoms with E-state index in [4.69, 9.17) is 4.74 Å². The summed E-state index contributed by atoms with van der Waals surface area (Å²) in [6.45, 7) is 0. The van der Waals surface area contributed by atoms with E-state index in [2.05, 4.69) is 20.8 Å². The average molecular weight is 325 g/mol. The van der Waals surface area contributed by atoms with Crippen LogP contribution in [0.25, 0.3) is 0 Å². The smallest absolute Gasteiger partial charge is 0.243 e. The zero-order valence-electron chi connectivity index (χ0n) is 13.1. The van der Waals surface area contributed by atoms with E-state index in [1.54, 1.807) is 17.9 Å². The molecule has 0 unspecified atom stereocenters. The molecule has 2 atom stereocenters. The lowest BCUT2D eigenvalue weighted by Gasteiger charge is -2.31. The zero-order valence-corrected chi connectivity index (χ0v) is 13.1. The molecule has 1 aliphatic heterocycles. The Morgan fingerprint density at radius 1 is 1.17 bits per heavy atom. The van der Waals surface area contributed by atoms with E-state index in [1.165, 1.54) is 12.1 Å². The van der Waals surface area contributed by atoms with Gasteiger partial charge in [0.25, 0.3) is 0 Å². The van der Waals surface area contributed by atoms with Gasteiger partial charge in [0.2, 0.25) is 5.95 Å². The maximum absolute atomic E-state index is 13.6. The van der Waals surface area contributed by atoms with Crippen molar-refractivity contribution in [2.45, 2.75) is 18.5 Å². The quantitative estimate of drug-likeness (QED) is 0.802. The van der Waals surface area contributed by atoms with E-state index in [0.29, 0.717) is 12.4 Å². The van der Waals surface area contributed by atoms with Crippen LogP contribution in [0.2, 0.25) is 0 Å². The molecule has 0 saturated heterocycles. The summed E-state index contributed by atoms with van der Waals surface area (Å²) in [5, 5.41) is 15.2. The Balaban J connectivity index is 1.70. The molecule has 4 rings (SSSR count). The first-order valence-electron chi connectivity index (χ1n) is 7.68. The molecule has 1 aliphatic rings. The van der Waals surface area contributed by atoms with E-state index in [9.17, 15) is 4.39 Å². The number of ether oxygens (including phenoxy) is 1. The first-order valence-corrected chi connectivity index (χ1v) is 7.68. The van der Waals surface area contributed by atoms with Gasteiger partial charge in [-0.1, -0.05) is 29.4 Å². The first kappa shape index (κ1) is 14.6. The number of benzene rings is 2. The van der Waals surface area contributed by atoms with E-state index < -0.39 is 0 Å². The Hall–Kier alpha value is -2.96. The standard InChI is InChI=1S/C17H16FN5O/c1-24-14-7-5-11(6-8-14)15-10-16(12-3-2-4-13(18)9-12)23-17(19-15)20-21-22-23/h2-9,15-16H,10H2,1H3,(H,19,20,22)/t15-,16+/m1/s1. The van der Waals surface area contributed by atoms with Crippen molar-refractivity contribution in [3.8, 4) is 5.75 Å². The Morgan fingerprint density at radius 2 is 2.00 bits per heavy atom. The Kier molecular flexibility index (Phi) is 3.60. The predicted octanol–water partition coefficient (Wildman–Crippen LogP) is 2.97. The topological polar surface area (TPSA) is 64.9 Å². The van der Waals surface area contributed by atoms with Crippen molar-refractivity contribution in [1.82, 2.24) is 20.2 Å². The summed E-state index contributed by atoms with van der Waals surface area (Å²) in [7, 11) is 1.64. The van der Waals surface area contributed by atoms with E-state index in [0.717, 1.165) is 16.9 Å². The van der Waals surface area contributed by atoms with Crippen molar-refractivity contribution < 1.29 is 9.13 Å². The number of rotatable bonds is 3. The SMILES string of the molecule is COc1ccc([C@H]2C[C@@H](c3cccc(F)c3)n3nnnc3N2)cc1. The molecule has 2 heterocycles. The van der Waals surface area contributed by atoms with Gasteiger partial charge in [-0.3, -0.25) is 0 Å². The molecule has 0 bridgehead atoms. The maximum atomic E-state index is 13.6. The van der Waals surface area contributed by atoms with Gasteiger partial charge < -0.3 is 10.1 Å². The van der Waals surface area contributed by atoms with Gasteiger partial charge in [0, 0.05) is 0 Å². The summed E-state index contributed by atoms with van der Waals surface area (Å²) < 4.78 is 20.5. The van der Waals surface area contributed by atoms with Crippen molar-refractivity contribution in [1.29, 1.82) is 0 Å². The highest BCUT2D eigenvalue weighted by Crippen LogP contribution is 2.37. The van der Waals surface area contributed by atoms with Crippen LogP contribution in [-0.4, -0.2) is 27.3 Å². The third kappa shape index (κ3) is 2.58. The van der Waals surface area contributed by atoms with Crippen LogP contribution in [0.4, 0.5) is 10.3 Å². The van der Waals surface area contributed by atoms with Crippen molar-refractivity contribution in [2.24, 2.45) is 0 Å².